The summed E-state index contributed by atoms with van der Waals surface area (Å²) in [6, 6.07) is 12.8. The van der Waals surface area contributed by atoms with Crippen LogP contribution in [0.5, 0.6) is 0 Å². The van der Waals surface area contributed by atoms with Gasteiger partial charge in [0.25, 0.3) is 0 Å². The van der Waals surface area contributed by atoms with Crippen LogP contribution in [0, 0.1) is 0 Å². The van der Waals surface area contributed by atoms with Crippen molar-refractivity contribution < 1.29 is 14.3 Å². The number of nitrogens with zero attached hydrogens (tertiary/aromatic N) is 1. The van der Waals surface area contributed by atoms with E-state index in [9.17, 15) is 9.59 Å². The lowest BCUT2D eigenvalue weighted by Crippen LogP contribution is -2.43. The molecule has 1 amide bonds. The maximum absolute atomic E-state index is 12.8. The molecule has 136 valence electrons. The van der Waals surface area contributed by atoms with Crippen LogP contribution >= 0.6 is 23.2 Å². The predicted octanol–water partition coefficient (Wildman–Crippen LogP) is 3.60. The second kappa shape index (κ2) is 8.08. The fraction of sp³-hybridized carbons (Fsp3) is 0.263. The SMILES string of the molecule is COC(=O)C(NC1CCN(c2ccccc2Cl)C1=O)c1ccccc1Cl. The Morgan fingerprint density at radius 3 is 2.46 bits per heavy atom. The van der Waals surface area contributed by atoms with E-state index in [2.05, 4.69) is 5.32 Å². The van der Waals surface area contributed by atoms with Gasteiger partial charge in [0.1, 0.15) is 6.04 Å². The minimum absolute atomic E-state index is 0.140. The van der Waals surface area contributed by atoms with Crippen LogP contribution in [0.4, 0.5) is 5.69 Å². The Kier molecular flexibility index (Phi) is 5.81. The third-order valence-corrected chi connectivity index (χ3v) is 5.03. The number of amides is 1. The van der Waals surface area contributed by atoms with Crippen LogP contribution in [0.3, 0.4) is 0 Å². The highest BCUT2D eigenvalue weighted by Gasteiger charge is 2.37. The molecule has 1 aliphatic rings. The second-order valence-electron chi connectivity index (χ2n) is 5.93. The van der Waals surface area contributed by atoms with Crippen LogP contribution in [-0.2, 0) is 14.3 Å². The van der Waals surface area contributed by atoms with Gasteiger partial charge in [-0.15, -0.1) is 0 Å². The Labute approximate surface area is 161 Å². The van der Waals surface area contributed by atoms with Crippen LogP contribution in [-0.4, -0.2) is 31.6 Å². The minimum Gasteiger partial charge on any atom is -0.468 e. The molecule has 1 aliphatic heterocycles. The summed E-state index contributed by atoms with van der Waals surface area (Å²) in [5.74, 6) is -0.638. The summed E-state index contributed by atoms with van der Waals surface area (Å²) in [5, 5.41) is 4.04. The summed E-state index contributed by atoms with van der Waals surface area (Å²) >= 11 is 12.4. The molecule has 1 fully saturated rings. The summed E-state index contributed by atoms with van der Waals surface area (Å²) in [6.07, 6.45) is 0.544. The maximum Gasteiger partial charge on any atom is 0.327 e. The van der Waals surface area contributed by atoms with Gasteiger partial charge in [-0.05, 0) is 30.2 Å². The highest BCUT2D eigenvalue weighted by Crippen LogP contribution is 2.31. The van der Waals surface area contributed by atoms with E-state index >= 15 is 0 Å². The fourth-order valence-corrected chi connectivity index (χ4v) is 3.54. The molecular formula is C19H18Cl2N2O3. The van der Waals surface area contributed by atoms with Crippen molar-refractivity contribution in [2.24, 2.45) is 0 Å². The van der Waals surface area contributed by atoms with Gasteiger partial charge in [0.2, 0.25) is 5.91 Å². The molecule has 7 heteroatoms. The molecule has 0 spiro atoms. The number of nitrogens with one attached hydrogen (secondary N) is 1. The van der Waals surface area contributed by atoms with Crippen LogP contribution in [0.2, 0.25) is 10.0 Å². The number of carbonyl (C=O) groups is 2. The van der Waals surface area contributed by atoms with E-state index in [4.69, 9.17) is 27.9 Å². The van der Waals surface area contributed by atoms with E-state index in [1.807, 2.05) is 12.1 Å². The van der Waals surface area contributed by atoms with Gasteiger partial charge < -0.3 is 9.64 Å². The van der Waals surface area contributed by atoms with Crippen molar-refractivity contribution in [3.05, 3.63) is 64.1 Å². The Bertz CT molecular complexity index is 828. The van der Waals surface area contributed by atoms with Gasteiger partial charge in [0.05, 0.1) is 23.9 Å². The van der Waals surface area contributed by atoms with Crippen molar-refractivity contribution in [1.29, 1.82) is 0 Å². The number of hydrogen-bond donors (Lipinski definition) is 1. The molecule has 2 atom stereocenters. The van der Waals surface area contributed by atoms with Crippen LogP contribution < -0.4 is 10.2 Å². The quantitative estimate of drug-likeness (QED) is 0.789. The number of rotatable bonds is 5. The molecule has 26 heavy (non-hydrogen) atoms. The smallest absolute Gasteiger partial charge is 0.327 e. The largest absolute Gasteiger partial charge is 0.468 e. The van der Waals surface area contributed by atoms with E-state index in [0.29, 0.717) is 34.3 Å². The Morgan fingerprint density at radius 2 is 1.81 bits per heavy atom. The monoisotopic (exact) mass is 392 g/mol. The zero-order valence-corrected chi connectivity index (χ0v) is 15.6. The topological polar surface area (TPSA) is 58.6 Å². The average molecular weight is 393 g/mol. The van der Waals surface area contributed by atoms with Crippen molar-refractivity contribution in [2.75, 3.05) is 18.6 Å². The molecule has 1 N–H and O–H groups in total. The lowest BCUT2D eigenvalue weighted by atomic mass is 10.1. The molecule has 2 aromatic carbocycles. The summed E-state index contributed by atoms with van der Waals surface area (Å²) < 4.78 is 4.89. The van der Waals surface area contributed by atoms with Gasteiger partial charge >= 0.3 is 5.97 Å². The number of halogens is 2. The highest BCUT2D eigenvalue weighted by atomic mass is 35.5. The first-order chi connectivity index (χ1) is 12.5. The van der Waals surface area contributed by atoms with E-state index in [0.717, 1.165) is 0 Å². The molecule has 1 saturated heterocycles. The lowest BCUT2D eigenvalue weighted by molar-refractivity contribution is -0.143. The van der Waals surface area contributed by atoms with E-state index < -0.39 is 18.1 Å². The third kappa shape index (κ3) is 3.70. The van der Waals surface area contributed by atoms with Crippen molar-refractivity contribution >= 4 is 40.8 Å². The summed E-state index contributed by atoms with van der Waals surface area (Å²) in [7, 11) is 1.31. The standard InChI is InChI=1S/C19H18Cl2N2O3/c1-26-19(25)17(12-6-2-3-7-13(12)20)22-15-10-11-23(18(15)24)16-9-5-4-8-14(16)21/h2-9,15,17,22H,10-11H2,1H3. The Morgan fingerprint density at radius 1 is 1.15 bits per heavy atom. The number of esters is 1. The second-order valence-corrected chi connectivity index (χ2v) is 6.74. The molecule has 0 radical (unpaired) electrons. The highest BCUT2D eigenvalue weighted by molar-refractivity contribution is 6.34. The maximum atomic E-state index is 12.8. The van der Waals surface area contributed by atoms with Crippen molar-refractivity contribution in [3.8, 4) is 0 Å². The number of para-hydroxylation sites is 1. The molecule has 2 aromatic rings. The summed E-state index contributed by atoms with van der Waals surface area (Å²) in [4.78, 5) is 26.7. The van der Waals surface area contributed by atoms with E-state index in [-0.39, 0.29) is 5.91 Å². The van der Waals surface area contributed by atoms with Crippen LogP contribution in [0.1, 0.15) is 18.0 Å². The van der Waals surface area contributed by atoms with E-state index in [1.54, 1.807) is 41.3 Å². The number of methoxy groups -OCH3 is 1. The van der Waals surface area contributed by atoms with Gasteiger partial charge in [-0.25, -0.2) is 4.79 Å². The van der Waals surface area contributed by atoms with Crippen molar-refractivity contribution in [2.45, 2.75) is 18.5 Å². The van der Waals surface area contributed by atoms with Crippen molar-refractivity contribution in [3.63, 3.8) is 0 Å². The molecule has 0 aliphatic carbocycles. The molecule has 0 bridgehead atoms. The van der Waals surface area contributed by atoms with Gasteiger partial charge in [0, 0.05) is 11.6 Å². The Hall–Kier alpha value is -2.08. The molecule has 5 nitrogen and oxygen atoms in total. The van der Waals surface area contributed by atoms with Gasteiger partial charge in [0.15, 0.2) is 0 Å². The van der Waals surface area contributed by atoms with Crippen molar-refractivity contribution in [1.82, 2.24) is 5.32 Å². The summed E-state index contributed by atoms with van der Waals surface area (Å²) in [6.45, 7) is 0.511. The average Bonchev–Trinajstić information content (AvgIpc) is 3.00. The predicted molar refractivity (Wildman–Crippen MR) is 102 cm³/mol. The molecule has 2 unspecified atom stereocenters. The fourth-order valence-electron chi connectivity index (χ4n) is 3.06. The van der Waals surface area contributed by atoms with Gasteiger partial charge in [-0.1, -0.05) is 53.5 Å². The Balaban J connectivity index is 1.82. The number of benzene rings is 2. The molecule has 0 saturated carbocycles. The first kappa shape index (κ1) is 18.7. The molecular weight excluding hydrogens is 375 g/mol. The zero-order valence-electron chi connectivity index (χ0n) is 14.1. The minimum atomic E-state index is -0.825. The van der Waals surface area contributed by atoms with E-state index in [1.165, 1.54) is 7.11 Å². The third-order valence-electron chi connectivity index (χ3n) is 4.37. The van der Waals surface area contributed by atoms with Gasteiger partial charge in [-0.3, -0.25) is 10.1 Å². The molecule has 3 rings (SSSR count). The number of carbonyl (C=O) groups excluding carboxylic acids is 2. The summed E-state index contributed by atoms with van der Waals surface area (Å²) in [5.41, 5.74) is 1.24. The first-order valence-electron chi connectivity index (χ1n) is 8.17. The zero-order chi connectivity index (χ0) is 18.7. The van der Waals surface area contributed by atoms with Crippen LogP contribution in [0.15, 0.2) is 48.5 Å². The molecule has 1 heterocycles. The number of hydrogen-bond acceptors (Lipinski definition) is 4. The lowest BCUT2D eigenvalue weighted by Gasteiger charge is -2.22. The number of anilines is 1. The molecule has 0 aromatic heterocycles. The first-order valence-corrected chi connectivity index (χ1v) is 8.92. The van der Waals surface area contributed by atoms with Crippen LogP contribution in [0.25, 0.3) is 0 Å². The van der Waals surface area contributed by atoms with Gasteiger partial charge in [-0.2, -0.15) is 0 Å². The number of ether oxygens (including phenoxy) is 1. The normalized spacial score (nSPS) is 18.0.